The fourth-order valence-corrected chi connectivity index (χ4v) is 6.67. The lowest BCUT2D eigenvalue weighted by Crippen LogP contribution is -2.41. The van der Waals surface area contributed by atoms with Gasteiger partial charge in [0.05, 0.1) is 8.80 Å². The maximum Gasteiger partial charge on any atom is 0.0695 e. The largest absolute Gasteiger partial charge is 0.103 e. The Morgan fingerprint density at radius 3 is 2.68 bits per heavy atom. The van der Waals surface area contributed by atoms with Gasteiger partial charge in [-0.1, -0.05) is 85.8 Å². The summed E-state index contributed by atoms with van der Waals surface area (Å²) in [6.45, 7) is 6.36. The van der Waals surface area contributed by atoms with Gasteiger partial charge >= 0.3 is 0 Å². The summed E-state index contributed by atoms with van der Waals surface area (Å²) in [4.78, 5) is 0. The number of fused-ring (bicyclic) bond motifs is 1. The zero-order chi connectivity index (χ0) is 15.4. The smallest absolute Gasteiger partial charge is 0.0695 e. The molecule has 3 rings (SSSR count). The van der Waals surface area contributed by atoms with Gasteiger partial charge in [-0.15, -0.1) is 6.58 Å². The molecule has 22 heavy (non-hydrogen) atoms. The normalized spacial score (nSPS) is 20.6. The van der Waals surface area contributed by atoms with Crippen LogP contribution in [0.4, 0.5) is 0 Å². The molecule has 111 valence electrons. The number of rotatable bonds is 5. The lowest BCUT2D eigenvalue weighted by atomic mass is 9.87. The first-order valence-electron chi connectivity index (χ1n) is 8.10. The molecule has 2 aromatic rings. The van der Waals surface area contributed by atoms with Crippen molar-refractivity contribution in [3.63, 3.8) is 0 Å². The number of hydrogen-bond acceptors (Lipinski definition) is 0. The molecule has 2 aromatic carbocycles. The van der Waals surface area contributed by atoms with Crippen molar-refractivity contribution < 1.29 is 0 Å². The van der Waals surface area contributed by atoms with Crippen molar-refractivity contribution in [2.75, 3.05) is 0 Å². The summed E-state index contributed by atoms with van der Waals surface area (Å²) >= 11 is 0. The van der Waals surface area contributed by atoms with Gasteiger partial charge in [0.15, 0.2) is 0 Å². The van der Waals surface area contributed by atoms with Crippen LogP contribution in [0, 0.1) is 0 Å². The van der Waals surface area contributed by atoms with Crippen LogP contribution in [0.25, 0.3) is 10.8 Å². The molecule has 1 unspecified atom stereocenters. The van der Waals surface area contributed by atoms with E-state index in [1.807, 2.05) is 0 Å². The topological polar surface area (TPSA) is 0 Å². The molecule has 1 aliphatic rings. The van der Waals surface area contributed by atoms with Crippen molar-refractivity contribution in [3.8, 4) is 0 Å². The van der Waals surface area contributed by atoms with Crippen LogP contribution in [0.3, 0.4) is 0 Å². The van der Waals surface area contributed by atoms with Crippen LogP contribution in [-0.4, -0.2) is 8.80 Å². The van der Waals surface area contributed by atoms with Crippen LogP contribution < -0.4 is 0 Å². The highest BCUT2D eigenvalue weighted by atomic mass is 28.3. The van der Waals surface area contributed by atoms with Crippen LogP contribution in [0.5, 0.6) is 0 Å². The van der Waals surface area contributed by atoms with Crippen molar-refractivity contribution >= 4 is 19.6 Å². The van der Waals surface area contributed by atoms with Gasteiger partial charge in [-0.3, -0.25) is 0 Å². The summed E-state index contributed by atoms with van der Waals surface area (Å²) in [5, 5.41) is 2.94. The molecule has 1 atom stereocenters. The Hall–Kier alpha value is -1.86. The minimum atomic E-state index is -0.594. The molecule has 0 aromatic heterocycles. The summed E-state index contributed by atoms with van der Waals surface area (Å²) in [6, 6.07) is 18.0. The van der Waals surface area contributed by atoms with Gasteiger partial charge < -0.3 is 0 Å². The average Bonchev–Trinajstić information content (AvgIpc) is 2.59. The standard InChI is InChI=1S/C21H23Si/c1-3-17-22(4-2)21(15-8-5-9-16-21)20-14-10-12-18-11-6-7-13-19(18)20/h3,5-15H,1,4,16-17H2,2H3. The summed E-state index contributed by atoms with van der Waals surface area (Å²) in [7, 11) is -0.594. The number of hydrogen-bond donors (Lipinski definition) is 0. The molecule has 0 fully saturated rings. The van der Waals surface area contributed by atoms with E-state index in [2.05, 4.69) is 86.3 Å². The van der Waals surface area contributed by atoms with E-state index in [4.69, 9.17) is 0 Å². The Kier molecular flexibility index (Phi) is 4.44. The van der Waals surface area contributed by atoms with E-state index < -0.39 is 8.80 Å². The fourth-order valence-electron chi connectivity index (χ4n) is 3.70. The van der Waals surface area contributed by atoms with Crippen molar-refractivity contribution in [1.29, 1.82) is 0 Å². The number of allylic oxidation sites excluding steroid dienone is 5. The SMILES string of the molecule is C=CC[Si](CC)C1(c2cccc3ccccc23)C=CC=CC1. The lowest BCUT2D eigenvalue weighted by molar-refractivity contribution is 0.735. The first-order chi connectivity index (χ1) is 10.8. The van der Waals surface area contributed by atoms with E-state index in [1.54, 1.807) is 0 Å². The van der Waals surface area contributed by atoms with E-state index in [0.29, 0.717) is 0 Å². The van der Waals surface area contributed by atoms with Gasteiger partial charge in [-0.25, -0.2) is 0 Å². The number of benzene rings is 2. The molecule has 0 saturated carbocycles. The van der Waals surface area contributed by atoms with E-state index in [0.717, 1.165) is 12.5 Å². The summed E-state index contributed by atoms with van der Waals surface area (Å²) in [5.74, 6) is 0. The van der Waals surface area contributed by atoms with E-state index in [1.165, 1.54) is 22.4 Å². The summed E-state index contributed by atoms with van der Waals surface area (Å²) in [5.41, 5.74) is 1.50. The Morgan fingerprint density at radius 2 is 1.95 bits per heavy atom. The molecular weight excluding hydrogens is 280 g/mol. The molecule has 0 spiro atoms. The molecule has 0 bridgehead atoms. The third-order valence-corrected chi connectivity index (χ3v) is 8.32. The Balaban J connectivity index is 2.23. The molecule has 0 amide bonds. The molecule has 1 heteroatoms. The molecule has 0 aliphatic heterocycles. The predicted molar refractivity (Wildman–Crippen MR) is 99.8 cm³/mol. The van der Waals surface area contributed by atoms with Gasteiger partial charge in [0.25, 0.3) is 0 Å². The first-order valence-corrected chi connectivity index (χ1v) is 10.0. The second-order valence-corrected chi connectivity index (χ2v) is 9.15. The second-order valence-electron chi connectivity index (χ2n) is 5.94. The Morgan fingerprint density at radius 1 is 1.14 bits per heavy atom. The molecule has 0 nitrogen and oxygen atoms in total. The highest BCUT2D eigenvalue weighted by Gasteiger charge is 2.38. The minimum absolute atomic E-state index is 0.184. The maximum absolute atomic E-state index is 4.01. The Labute approximate surface area is 135 Å². The van der Waals surface area contributed by atoms with Crippen LogP contribution in [0.2, 0.25) is 12.1 Å². The lowest BCUT2D eigenvalue weighted by Gasteiger charge is -2.39. The van der Waals surface area contributed by atoms with Crippen LogP contribution in [0.15, 0.2) is 79.4 Å². The molecule has 1 aliphatic carbocycles. The predicted octanol–water partition coefficient (Wildman–Crippen LogP) is 5.83. The van der Waals surface area contributed by atoms with Gasteiger partial charge in [-0.05, 0) is 28.8 Å². The third kappa shape index (κ3) is 2.50. The molecule has 0 N–H and O–H groups in total. The molecular formula is C21H23Si. The van der Waals surface area contributed by atoms with Crippen LogP contribution >= 0.6 is 0 Å². The quantitative estimate of drug-likeness (QED) is 0.481. The highest BCUT2D eigenvalue weighted by Crippen LogP contribution is 2.41. The summed E-state index contributed by atoms with van der Waals surface area (Å²) in [6.07, 6.45) is 12.5. The zero-order valence-electron chi connectivity index (χ0n) is 13.3. The van der Waals surface area contributed by atoms with E-state index >= 15 is 0 Å². The maximum atomic E-state index is 4.01. The average molecular weight is 304 g/mol. The van der Waals surface area contributed by atoms with Crippen LogP contribution in [0.1, 0.15) is 18.9 Å². The fraction of sp³-hybridized carbons (Fsp3) is 0.238. The van der Waals surface area contributed by atoms with Crippen molar-refractivity contribution in [1.82, 2.24) is 0 Å². The molecule has 0 heterocycles. The van der Waals surface area contributed by atoms with Gasteiger partial charge in [0.2, 0.25) is 0 Å². The van der Waals surface area contributed by atoms with Crippen molar-refractivity contribution in [2.45, 2.75) is 30.5 Å². The molecule has 1 radical (unpaired) electrons. The van der Waals surface area contributed by atoms with E-state index in [-0.39, 0.29) is 5.04 Å². The first kappa shape index (κ1) is 15.0. The van der Waals surface area contributed by atoms with Crippen LogP contribution in [-0.2, 0) is 5.04 Å². The van der Waals surface area contributed by atoms with E-state index in [9.17, 15) is 0 Å². The third-order valence-electron chi connectivity index (χ3n) is 4.79. The molecule has 0 saturated heterocycles. The van der Waals surface area contributed by atoms with Crippen molar-refractivity contribution in [3.05, 3.63) is 85.0 Å². The monoisotopic (exact) mass is 303 g/mol. The zero-order valence-corrected chi connectivity index (χ0v) is 14.3. The second kappa shape index (κ2) is 6.49. The Bertz CT molecular complexity index is 720. The highest BCUT2D eigenvalue weighted by molar-refractivity contribution is 6.63. The van der Waals surface area contributed by atoms with Gasteiger partial charge in [0, 0.05) is 5.04 Å². The minimum Gasteiger partial charge on any atom is -0.103 e. The van der Waals surface area contributed by atoms with Gasteiger partial charge in [0.1, 0.15) is 0 Å². The van der Waals surface area contributed by atoms with Gasteiger partial charge in [-0.2, -0.15) is 0 Å². The van der Waals surface area contributed by atoms with Crippen molar-refractivity contribution in [2.24, 2.45) is 0 Å². The summed E-state index contributed by atoms with van der Waals surface area (Å²) < 4.78 is 0.